The molecule has 0 aliphatic heterocycles. The van der Waals surface area contributed by atoms with Crippen LogP contribution in [0, 0.1) is 10.1 Å². The third kappa shape index (κ3) is 3.56. The maximum Gasteiger partial charge on any atom is 0.295 e. The molecule has 0 unspecified atom stereocenters. The average molecular weight is 237 g/mol. The highest BCUT2D eigenvalue weighted by Gasteiger charge is 2.13. The van der Waals surface area contributed by atoms with Crippen molar-refractivity contribution in [2.75, 3.05) is 7.11 Å². The third-order valence-corrected chi connectivity index (χ3v) is 1.88. The Hall–Kier alpha value is -2.44. The van der Waals surface area contributed by atoms with Gasteiger partial charge in [-0.05, 0) is 6.08 Å². The first-order valence-corrected chi connectivity index (χ1v) is 4.69. The Balaban J connectivity index is 3.04. The molecule has 0 aromatic carbocycles. The minimum atomic E-state index is -0.559. The number of nitrogens with two attached hydrogens (primary N) is 1. The molecule has 7 heteroatoms. The number of hydrogen-bond donors (Lipinski definition) is 1. The Kier molecular flexibility index (Phi) is 4.15. The predicted molar refractivity (Wildman–Crippen MR) is 60.3 cm³/mol. The number of carbonyl (C=O) groups excluding carboxylic acids is 1. The second kappa shape index (κ2) is 5.59. The molecular formula is C10H11N3O4. The summed E-state index contributed by atoms with van der Waals surface area (Å²) < 4.78 is 4.86. The number of hydrogen-bond acceptors (Lipinski definition) is 5. The summed E-state index contributed by atoms with van der Waals surface area (Å²) in [6, 6.07) is 2.68. The van der Waals surface area contributed by atoms with Crippen LogP contribution >= 0.6 is 0 Å². The van der Waals surface area contributed by atoms with E-state index in [1.165, 1.54) is 31.4 Å². The summed E-state index contributed by atoms with van der Waals surface area (Å²) in [6.45, 7) is 0. The van der Waals surface area contributed by atoms with Crippen molar-refractivity contribution in [2.45, 2.75) is 6.42 Å². The Morgan fingerprint density at radius 1 is 1.65 bits per heavy atom. The lowest BCUT2D eigenvalue weighted by Gasteiger charge is -2.00. The number of nitro groups is 1. The SMILES string of the molecule is COc1ccc([N+](=O)[O-])c(C=CCC(N)=O)n1. The van der Waals surface area contributed by atoms with E-state index in [0.717, 1.165) is 0 Å². The molecule has 1 heterocycles. The number of nitrogens with zero attached hydrogens (tertiary/aromatic N) is 2. The third-order valence-electron chi connectivity index (χ3n) is 1.88. The molecule has 1 amide bonds. The van der Waals surface area contributed by atoms with E-state index in [2.05, 4.69) is 4.98 Å². The van der Waals surface area contributed by atoms with E-state index in [1.807, 2.05) is 0 Å². The Labute approximate surface area is 97.1 Å². The zero-order valence-electron chi connectivity index (χ0n) is 9.12. The molecule has 17 heavy (non-hydrogen) atoms. The number of methoxy groups -OCH3 is 1. The summed E-state index contributed by atoms with van der Waals surface area (Å²) >= 11 is 0. The number of ether oxygens (including phenoxy) is 1. The van der Waals surface area contributed by atoms with Gasteiger partial charge in [0.1, 0.15) is 5.69 Å². The second-order valence-electron chi connectivity index (χ2n) is 3.09. The van der Waals surface area contributed by atoms with Crippen molar-refractivity contribution in [1.82, 2.24) is 4.98 Å². The van der Waals surface area contributed by atoms with Gasteiger partial charge in [0.15, 0.2) is 0 Å². The van der Waals surface area contributed by atoms with Gasteiger partial charge < -0.3 is 10.5 Å². The first-order valence-electron chi connectivity index (χ1n) is 4.69. The summed E-state index contributed by atoms with van der Waals surface area (Å²) in [5.41, 5.74) is 4.90. The van der Waals surface area contributed by atoms with Crippen LogP contribution in [0.25, 0.3) is 6.08 Å². The van der Waals surface area contributed by atoms with Crippen molar-refractivity contribution in [3.63, 3.8) is 0 Å². The predicted octanol–water partition coefficient (Wildman–Crippen LogP) is 0.887. The van der Waals surface area contributed by atoms with Crippen LogP contribution < -0.4 is 10.5 Å². The van der Waals surface area contributed by atoms with Crippen LogP contribution in [0.2, 0.25) is 0 Å². The summed E-state index contributed by atoms with van der Waals surface area (Å²) in [7, 11) is 1.41. The highest BCUT2D eigenvalue weighted by molar-refractivity contribution is 5.76. The van der Waals surface area contributed by atoms with E-state index in [1.54, 1.807) is 0 Å². The van der Waals surface area contributed by atoms with E-state index in [9.17, 15) is 14.9 Å². The van der Waals surface area contributed by atoms with Crippen LogP contribution in [-0.2, 0) is 4.79 Å². The van der Waals surface area contributed by atoms with Gasteiger partial charge in [0.2, 0.25) is 11.8 Å². The quantitative estimate of drug-likeness (QED) is 0.604. The molecule has 2 N–H and O–H groups in total. The van der Waals surface area contributed by atoms with Crippen molar-refractivity contribution >= 4 is 17.7 Å². The lowest BCUT2D eigenvalue weighted by molar-refractivity contribution is -0.385. The zero-order chi connectivity index (χ0) is 12.8. The fourth-order valence-corrected chi connectivity index (χ4v) is 1.13. The minimum absolute atomic E-state index is 0.00392. The van der Waals surface area contributed by atoms with Crippen LogP contribution in [0.3, 0.4) is 0 Å². The fraction of sp³-hybridized carbons (Fsp3) is 0.200. The van der Waals surface area contributed by atoms with Crippen LogP contribution in [0.1, 0.15) is 12.1 Å². The molecule has 0 fully saturated rings. The molecule has 0 saturated heterocycles. The number of rotatable bonds is 5. The summed E-state index contributed by atoms with van der Waals surface area (Å²) in [6.07, 6.45) is 2.78. The number of amides is 1. The van der Waals surface area contributed by atoms with Crippen LogP contribution in [0.15, 0.2) is 18.2 Å². The molecule has 0 bridgehead atoms. The molecule has 1 rings (SSSR count). The molecule has 0 aliphatic carbocycles. The molecule has 7 nitrogen and oxygen atoms in total. The van der Waals surface area contributed by atoms with Crippen molar-refractivity contribution < 1.29 is 14.5 Å². The van der Waals surface area contributed by atoms with E-state index in [0.29, 0.717) is 0 Å². The molecule has 90 valence electrons. The first-order chi connectivity index (χ1) is 8.04. The fourth-order valence-electron chi connectivity index (χ4n) is 1.13. The highest BCUT2D eigenvalue weighted by Crippen LogP contribution is 2.21. The molecular weight excluding hydrogens is 226 g/mol. The molecule has 1 aromatic heterocycles. The number of aromatic nitrogens is 1. The van der Waals surface area contributed by atoms with E-state index >= 15 is 0 Å². The highest BCUT2D eigenvalue weighted by atomic mass is 16.6. The van der Waals surface area contributed by atoms with Gasteiger partial charge in [-0.15, -0.1) is 0 Å². The summed E-state index contributed by atoms with van der Waals surface area (Å²) in [4.78, 5) is 24.6. The van der Waals surface area contributed by atoms with Crippen LogP contribution in [0.5, 0.6) is 5.88 Å². The van der Waals surface area contributed by atoms with Gasteiger partial charge in [0.05, 0.1) is 12.0 Å². The molecule has 0 aliphatic rings. The van der Waals surface area contributed by atoms with Gasteiger partial charge in [0.25, 0.3) is 5.69 Å². The first kappa shape index (κ1) is 12.6. The molecule has 0 saturated carbocycles. The largest absolute Gasteiger partial charge is 0.481 e. The summed E-state index contributed by atoms with van der Waals surface area (Å²) in [5, 5.41) is 10.7. The molecule has 1 aromatic rings. The summed E-state index contributed by atoms with van der Waals surface area (Å²) in [5.74, 6) is -0.263. The van der Waals surface area contributed by atoms with E-state index in [4.69, 9.17) is 10.5 Å². The smallest absolute Gasteiger partial charge is 0.295 e. The monoisotopic (exact) mass is 237 g/mol. The minimum Gasteiger partial charge on any atom is -0.481 e. The second-order valence-corrected chi connectivity index (χ2v) is 3.09. The van der Waals surface area contributed by atoms with Gasteiger partial charge in [-0.3, -0.25) is 14.9 Å². The number of pyridine rings is 1. The van der Waals surface area contributed by atoms with Gasteiger partial charge in [-0.25, -0.2) is 4.98 Å². The van der Waals surface area contributed by atoms with Crippen molar-refractivity contribution in [3.8, 4) is 5.88 Å². The van der Waals surface area contributed by atoms with Crippen molar-refractivity contribution in [2.24, 2.45) is 5.73 Å². The van der Waals surface area contributed by atoms with Crippen molar-refractivity contribution in [3.05, 3.63) is 34.0 Å². The Bertz CT molecular complexity index is 471. The van der Waals surface area contributed by atoms with Gasteiger partial charge in [0, 0.05) is 18.6 Å². The van der Waals surface area contributed by atoms with Crippen LogP contribution in [0.4, 0.5) is 5.69 Å². The zero-order valence-corrected chi connectivity index (χ0v) is 9.12. The molecule has 0 spiro atoms. The lowest BCUT2D eigenvalue weighted by atomic mass is 10.2. The van der Waals surface area contributed by atoms with Crippen molar-refractivity contribution in [1.29, 1.82) is 0 Å². The maximum absolute atomic E-state index is 10.7. The average Bonchev–Trinajstić information content (AvgIpc) is 2.28. The normalized spacial score (nSPS) is 10.4. The van der Waals surface area contributed by atoms with Gasteiger partial charge in [-0.2, -0.15) is 0 Å². The number of carbonyl (C=O) groups is 1. The maximum atomic E-state index is 10.7. The van der Waals surface area contributed by atoms with Gasteiger partial charge >= 0.3 is 0 Å². The molecule has 0 atom stereocenters. The number of primary amides is 1. The lowest BCUT2D eigenvalue weighted by Crippen LogP contribution is -2.08. The Morgan fingerprint density at radius 2 is 2.35 bits per heavy atom. The molecule has 0 radical (unpaired) electrons. The standard InChI is InChI=1S/C10H11N3O4/c1-17-10-6-5-8(13(15)16)7(12-10)3-2-4-9(11)14/h2-3,5-6H,4H2,1H3,(H2,11,14). The van der Waals surface area contributed by atoms with E-state index < -0.39 is 10.8 Å². The Morgan fingerprint density at radius 3 is 2.88 bits per heavy atom. The van der Waals surface area contributed by atoms with Gasteiger partial charge in [-0.1, -0.05) is 6.08 Å². The van der Waals surface area contributed by atoms with Crippen LogP contribution in [-0.4, -0.2) is 22.9 Å². The topological polar surface area (TPSA) is 108 Å². The van der Waals surface area contributed by atoms with E-state index in [-0.39, 0.29) is 23.7 Å².